The fourth-order valence-electron chi connectivity index (χ4n) is 1.94. The van der Waals surface area contributed by atoms with Crippen LogP contribution in [0.5, 0.6) is 5.75 Å². The molecule has 3 nitrogen and oxygen atoms in total. The van der Waals surface area contributed by atoms with Crippen LogP contribution in [-0.4, -0.2) is 12.5 Å². The molecule has 0 atom stereocenters. The van der Waals surface area contributed by atoms with Crippen molar-refractivity contribution in [1.82, 2.24) is 5.32 Å². The van der Waals surface area contributed by atoms with Crippen LogP contribution in [0.3, 0.4) is 0 Å². The van der Waals surface area contributed by atoms with Gasteiger partial charge in [0.2, 0.25) is 5.91 Å². The highest BCUT2D eigenvalue weighted by atomic mass is 16.5. The van der Waals surface area contributed by atoms with Gasteiger partial charge in [0.25, 0.3) is 0 Å². The van der Waals surface area contributed by atoms with Crippen molar-refractivity contribution in [2.75, 3.05) is 6.61 Å². The molecule has 0 saturated carbocycles. The topological polar surface area (TPSA) is 38.3 Å². The minimum Gasteiger partial charge on any atom is -0.494 e. The summed E-state index contributed by atoms with van der Waals surface area (Å²) in [4.78, 5) is 11.7. The Kier molecular flexibility index (Phi) is 5.83. The summed E-state index contributed by atoms with van der Waals surface area (Å²) in [5.74, 6) is 0.914. The second-order valence-corrected chi connectivity index (χ2v) is 5.03. The summed E-state index contributed by atoms with van der Waals surface area (Å²) < 4.78 is 5.59. The molecule has 0 aliphatic rings. The van der Waals surface area contributed by atoms with Crippen LogP contribution in [0.4, 0.5) is 0 Å². The van der Waals surface area contributed by atoms with Crippen molar-refractivity contribution in [2.24, 2.45) is 0 Å². The number of carbonyl (C=O) groups excluding carboxylic acids is 1. The van der Waals surface area contributed by atoms with Gasteiger partial charge >= 0.3 is 0 Å². The highest BCUT2D eigenvalue weighted by molar-refractivity contribution is 5.75. The largest absolute Gasteiger partial charge is 0.494 e. The number of ether oxygens (including phenoxy) is 1. The molecule has 0 spiro atoms. The van der Waals surface area contributed by atoms with E-state index in [4.69, 9.17) is 4.74 Å². The van der Waals surface area contributed by atoms with Gasteiger partial charge in [0.15, 0.2) is 0 Å². The molecule has 1 amide bonds. The van der Waals surface area contributed by atoms with Crippen molar-refractivity contribution in [3.05, 3.63) is 65.7 Å². The van der Waals surface area contributed by atoms with Gasteiger partial charge in [0.05, 0.1) is 6.61 Å². The smallest absolute Gasteiger partial charge is 0.220 e. The van der Waals surface area contributed by atoms with Crippen LogP contribution in [0.25, 0.3) is 0 Å². The van der Waals surface area contributed by atoms with Gasteiger partial charge in [-0.25, -0.2) is 0 Å². The first kappa shape index (κ1) is 15.1. The number of benzene rings is 2. The molecule has 0 aliphatic carbocycles. The van der Waals surface area contributed by atoms with Gasteiger partial charge < -0.3 is 10.1 Å². The lowest BCUT2D eigenvalue weighted by Crippen LogP contribution is -2.22. The lowest BCUT2D eigenvalue weighted by atomic mass is 10.2. The van der Waals surface area contributed by atoms with Crippen molar-refractivity contribution in [3.63, 3.8) is 0 Å². The van der Waals surface area contributed by atoms with Crippen LogP contribution in [0.2, 0.25) is 0 Å². The van der Waals surface area contributed by atoms with Crippen LogP contribution in [-0.2, 0) is 11.3 Å². The molecule has 2 aromatic rings. The van der Waals surface area contributed by atoms with E-state index in [0.29, 0.717) is 26.0 Å². The zero-order valence-corrected chi connectivity index (χ0v) is 12.3. The summed E-state index contributed by atoms with van der Waals surface area (Å²) in [6.07, 6.45) is 1.20. The number of rotatable bonds is 7. The van der Waals surface area contributed by atoms with E-state index in [1.807, 2.05) is 61.5 Å². The minimum atomic E-state index is 0.0614. The molecule has 3 heteroatoms. The van der Waals surface area contributed by atoms with Crippen molar-refractivity contribution in [1.29, 1.82) is 0 Å². The lowest BCUT2D eigenvalue weighted by Gasteiger charge is -2.07. The number of carbonyl (C=O) groups is 1. The molecular weight excluding hydrogens is 262 g/mol. The molecular formula is C18H21NO2. The van der Waals surface area contributed by atoms with Crippen molar-refractivity contribution in [3.8, 4) is 5.75 Å². The van der Waals surface area contributed by atoms with Crippen LogP contribution in [0.1, 0.15) is 24.0 Å². The Bertz CT molecular complexity index is 549. The molecule has 0 bridgehead atoms. The van der Waals surface area contributed by atoms with E-state index in [0.717, 1.165) is 11.3 Å². The predicted molar refractivity (Wildman–Crippen MR) is 84.2 cm³/mol. The zero-order chi connectivity index (χ0) is 14.9. The quantitative estimate of drug-likeness (QED) is 0.790. The van der Waals surface area contributed by atoms with Gasteiger partial charge in [-0.2, -0.15) is 0 Å². The summed E-state index contributed by atoms with van der Waals surface area (Å²) >= 11 is 0. The summed E-state index contributed by atoms with van der Waals surface area (Å²) in [5, 5.41) is 2.91. The summed E-state index contributed by atoms with van der Waals surface area (Å²) in [5.41, 5.74) is 2.32. The zero-order valence-electron chi connectivity index (χ0n) is 12.3. The third-order valence-corrected chi connectivity index (χ3v) is 3.17. The van der Waals surface area contributed by atoms with Crippen molar-refractivity contribution < 1.29 is 9.53 Å². The maximum atomic E-state index is 11.7. The Balaban J connectivity index is 1.60. The molecule has 0 unspecified atom stereocenters. The third-order valence-electron chi connectivity index (χ3n) is 3.17. The molecule has 2 aromatic carbocycles. The first-order valence-electron chi connectivity index (χ1n) is 7.24. The van der Waals surface area contributed by atoms with E-state index in [1.165, 1.54) is 5.56 Å². The van der Waals surface area contributed by atoms with Gasteiger partial charge in [0, 0.05) is 13.0 Å². The Morgan fingerprint density at radius 2 is 1.76 bits per heavy atom. The van der Waals surface area contributed by atoms with Gasteiger partial charge in [-0.05, 0) is 31.0 Å². The number of nitrogens with one attached hydrogen (secondary N) is 1. The fraction of sp³-hybridized carbons (Fsp3) is 0.278. The fourth-order valence-corrected chi connectivity index (χ4v) is 1.94. The average molecular weight is 283 g/mol. The first-order valence-corrected chi connectivity index (χ1v) is 7.24. The summed E-state index contributed by atoms with van der Waals surface area (Å²) in [7, 11) is 0. The molecule has 0 heterocycles. The van der Waals surface area contributed by atoms with E-state index in [1.54, 1.807) is 0 Å². The third kappa shape index (κ3) is 5.69. The van der Waals surface area contributed by atoms with E-state index in [-0.39, 0.29) is 5.91 Å². The normalized spacial score (nSPS) is 10.1. The number of amides is 1. The Morgan fingerprint density at radius 1 is 1.05 bits per heavy atom. The van der Waals surface area contributed by atoms with Crippen LogP contribution in [0.15, 0.2) is 54.6 Å². The molecule has 21 heavy (non-hydrogen) atoms. The van der Waals surface area contributed by atoms with Crippen molar-refractivity contribution in [2.45, 2.75) is 26.3 Å². The van der Waals surface area contributed by atoms with Gasteiger partial charge in [0.1, 0.15) is 5.75 Å². The van der Waals surface area contributed by atoms with Gasteiger partial charge in [-0.3, -0.25) is 4.79 Å². The lowest BCUT2D eigenvalue weighted by molar-refractivity contribution is -0.121. The van der Waals surface area contributed by atoms with E-state index >= 15 is 0 Å². The van der Waals surface area contributed by atoms with E-state index < -0.39 is 0 Å². The van der Waals surface area contributed by atoms with Gasteiger partial charge in [-0.15, -0.1) is 0 Å². The molecule has 1 N–H and O–H groups in total. The maximum absolute atomic E-state index is 11.7. The molecule has 2 rings (SSSR count). The Labute approximate surface area is 126 Å². The summed E-state index contributed by atoms with van der Waals surface area (Å²) in [6, 6.07) is 17.8. The number of aryl methyl sites for hydroxylation is 1. The van der Waals surface area contributed by atoms with Crippen LogP contribution >= 0.6 is 0 Å². The molecule has 0 saturated heterocycles. The Morgan fingerprint density at radius 3 is 2.48 bits per heavy atom. The van der Waals surface area contributed by atoms with Crippen LogP contribution in [0, 0.1) is 6.92 Å². The van der Waals surface area contributed by atoms with Crippen LogP contribution < -0.4 is 10.1 Å². The maximum Gasteiger partial charge on any atom is 0.220 e. The average Bonchev–Trinajstić information content (AvgIpc) is 2.52. The monoisotopic (exact) mass is 283 g/mol. The molecule has 0 aromatic heterocycles. The highest BCUT2D eigenvalue weighted by Gasteiger charge is 2.01. The first-order chi connectivity index (χ1) is 10.2. The molecule has 0 radical (unpaired) electrons. The van der Waals surface area contributed by atoms with E-state index in [2.05, 4.69) is 5.32 Å². The molecule has 0 aliphatic heterocycles. The second-order valence-electron chi connectivity index (χ2n) is 5.03. The van der Waals surface area contributed by atoms with Gasteiger partial charge in [-0.1, -0.05) is 48.0 Å². The number of hydrogen-bond donors (Lipinski definition) is 1. The highest BCUT2D eigenvalue weighted by Crippen LogP contribution is 2.11. The molecule has 110 valence electrons. The molecule has 0 fully saturated rings. The minimum absolute atomic E-state index is 0.0614. The predicted octanol–water partition coefficient (Wildman–Crippen LogP) is 3.47. The van der Waals surface area contributed by atoms with Crippen molar-refractivity contribution >= 4 is 5.91 Å². The van der Waals surface area contributed by atoms with E-state index in [9.17, 15) is 4.79 Å². The standard InChI is InChI=1S/C18H21NO2/c1-15-9-11-17(12-10-15)21-13-5-8-18(20)19-14-16-6-3-2-4-7-16/h2-4,6-7,9-12H,5,8,13-14H2,1H3,(H,19,20). The SMILES string of the molecule is Cc1ccc(OCCCC(=O)NCc2ccccc2)cc1. The number of hydrogen-bond acceptors (Lipinski definition) is 2. The summed E-state index contributed by atoms with van der Waals surface area (Å²) in [6.45, 7) is 3.18. The Hall–Kier alpha value is -2.29. The second kappa shape index (κ2) is 8.10.